The molecule has 5 rings (SSSR count). The molecule has 1 aromatic heterocycles. The Morgan fingerprint density at radius 1 is 0.871 bits per heavy atom. The van der Waals surface area contributed by atoms with Crippen LogP contribution in [0.5, 0.6) is 11.5 Å². The SMILES string of the molecule is C(=C\c1ccccc1)/CSc1nnc([C@@H]2COc3ccccc3O2)n1-c1ccccc1. The number of nitrogens with zero attached hydrogens (tertiary/aromatic N) is 3. The molecule has 31 heavy (non-hydrogen) atoms. The first-order valence-electron chi connectivity index (χ1n) is 10.1. The molecule has 154 valence electrons. The molecule has 5 nitrogen and oxygen atoms in total. The van der Waals surface area contributed by atoms with Crippen molar-refractivity contribution in [3.05, 3.63) is 102 Å². The molecule has 0 radical (unpaired) electrons. The molecule has 0 fully saturated rings. The Balaban J connectivity index is 1.40. The van der Waals surface area contributed by atoms with Crippen molar-refractivity contribution >= 4 is 17.8 Å². The lowest BCUT2D eigenvalue weighted by Gasteiger charge is -2.26. The van der Waals surface area contributed by atoms with Gasteiger partial charge < -0.3 is 9.47 Å². The van der Waals surface area contributed by atoms with Gasteiger partial charge in [-0.15, -0.1) is 10.2 Å². The van der Waals surface area contributed by atoms with Gasteiger partial charge in [0.1, 0.15) is 6.61 Å². The largest absolute Gasteiger partial charge is 0.485 e. The van der Waals surface area contributed by atoms with Gasteiger partial charge in [-0.3, -0.25) is 4.57 Å². The normalized spacial score (nSPS) is 15.3. The molecule has 0 saturated heterocycles. The van der Waals surface area contributed by atoms with E-state index in [1.165, 1.54) is 5.56 Å². The molecule has 0 aliphatic carbocycles. The molecular formula is C25H21N3O2S. The fraction of sp³-hybridized carbons (Fsp3) is 0.120. The van der Waals surface area contributed by atoms with Crippen LogP contribution >= 0.6 is 11.8 Å². The van der Waals surface area contributed by atoms with Crippen LogP contribution in [0, 0.1) is 0 Å². The highest BCUT2D eigenvalue weighted by Crippen LogP contribution is 2.36. The zero-order valence-electron chi connectivity index (χ0n) is 16.8. The van der Waals surface area contributed by atoms with Crippen molar-refractivity contribution in [2.45, 2.75) is 11.3 Å². The molecule has 2 heterocycles. The molecule has 0 N–H and O–H groups in total. The highest BCUT2D eigenvalue weighted by atomic mass is 32.2. The molecule has 1 aliphatic rings. The summed E-state index contributed by atoms with van der Waals surface area (Å²) in [5, 5.41) is 9.78. The summed E-state index contributed by atoms with van der Waals surface area (Å²) in [5.41, 5.74) is 2.18. The van der Waals surface area contributed by atoms with Gasteiger partial charge in [0.15, 0.2) is 28.6 Å². The van der Waals surface area contributed by atoms with Gasteiger partial charge in [0.25, 0.3) is 0 Å². The molecule has 3 aromatic carbocycles. The maximum atomic E-state index is 6.21. The van der Waals surface area contributed by atoms with Crippen molar-refractivity contribution in [2.75, 3.05) is 12.4 Å². The maximum absolute atomic E-state index is 6.21. The van der Waals surface area contributed by atoms with Gasteiger partial charge in [-0.1, -0.05) is 84.6 Å². The van der Waals surface area contributed by atoms with E-state index < -0.39 is 0 Å². The molecule has 4 aromatic rings. The highest BCUT2D eigenvalue weighted by molar-refractivity contribution is 7.99. The van der Waals surface area contributed by atoms with Crippen molar-refractivity contribution < 1.29 is 9.47 Å². The van der Waals surface area contributed by atoms with Crippen molar-refractivity contribution in [1.29, 1.82) is 0 Å². The number of para-hydroxylation sites is 3. The number of thioether (sulfide) groups is 1. The lowest BCUT2D eigenvalue weighted by atomic mass is 10.2. The number of ether oxygens (including phenoxy) is 2. The highest BCUT2D eigenvalue weighted by Gasteiger charge is 2.29. The summed E-state index contributed by atoms with van der Waals surface area (Å²) in [6.07, 6.45) is 3.92. The zero-order valence-corrected chi connectivity index (χ0v) is 17.6. The molecule has 0 saturated carbocycles. The third-order valence-electron chi connectivity index (χ3n) is 4.89. The lowest BCUT2D eigenvalue weighted by molar-refractivity contribution is 0.0835. The standard InChI is InChI=1S/C25H21N3O2S/c1-3-10-19(11-4-1)12-9-17-31-25-27-26-24(28(25)20-13-5-2-6-14-20)23-18-29-21-15-7-8-16-22(21)30-23/h1-16,23H,17-18H2/b12-9+/t23-/m0/s1. The number of hydrogen-bond donors (Lipinski definition) is 0. The Hall–Kier alpha value is -3.51. The van der Waals surface area contributed by atoms with Crippen molar-refractivity contribution in [2.24, 2.45) is 0 Å². The summed E-state index contributed by atoms with van der Waals surface area (Å²) >= 11 is 1.64. The topological polar surface area (TPSA) is 49.2 Å². The van der Waals surface area contributed by atoms with Crippen LogP contribution < -0.4 is 9.47 Å². The summed E-state index contributed by atoms with van der Waals surface area (Å²) in [4.78, 5) is 0. The zero-order chi connectivity index (χ0) is 20.9. The first kappa shape index (κ1) is 19.5. The van der Waals surface area contributed by atoms with Gasteiger partial charge in [0, 0.05) is 11.4 Å². The molecule has 6 heteroatoms. The second kappa shape index (κ2) is 9.10. The minimum absolute atomic E-state index is 0.336. The van der Waals surface area contributed by atoms with Gasteiger partial charge in [0.2, 0.25) is 0 Å². The van der Waals surface area contributed by atoms with Gasteiger partial charge in [-0.05, 0) is 29.8 Å². The number of aromatic nitrogens is 3. The van der Waals surface area contributed by atoms with Crippen LogP contribution in [-0.4, -0.2) is 27.1 Å². The number of rotatable bonds is 6. The number of fused-ring (bicyclic) bond motifs is 1. The van der Waals surface area contributed by atoms with Crippen molar-refractivity contribution in [3.8, 4) is 17.2 Å². The Kier molecular flexibility index (Phi) is 5.71. The average molecular weight is 428 g/mol. The van der Waals surface area contributed by atoms with Crippen LogP contribution in [0.25, 0.3) is 11.8 Å². The predicted octanol–water partition coefficient (Wildman–Crippen LogP) is 5.59. The summed E-state index contributed by atoms with van der Waals surface area (Å²) in [7, 11) is 0. The fourth-order valence-corrected chi connectivity index (χ4v) is 4.19. The van der Waals surface area contributed by atoms with Gasteiger partial charge in [0.05, 0.1) is 0 Å². The fourth-order valence-electron chi connectivity index (χ4n) is 3.42. The second-order valence-electron chi connectivity index (χ2n) is 7.00. The van der Waals surface area contributed by atoms with E-state index in [4.69, 9.17) is 9.47 Å². The van der Waals surface area contributed by atoms with Crippen LogP contribution in [-0.2, 0) is 0 Å². The first-order valence-corrected chi connectivity index (χ1v) is 11.1. The van der Waals surface area contributed by atoms with Crippen LogP contribution in [0.1, 0.15) is 17.5 Å². The summed E-state index contributed by atoms with van der Waals surface area (Å²) in [6.45, 7) is 0.389. The molecule has 0 amide bonds. The smallest absolute Gasteiger partial charge is 0.196 e. The van der Waals surface area contributed by atoms with E-state index in [1.54, 1.807) is 11.8 Å². The molecular weight excluding hydrogens is 406 g/mol. The summed E-state index contributed by atoms with van der Waals surface area (Å²) in [6, 6.07) is 28.1. The van der Waals surface area contributed by atoms with E-state index in [1.807, 2.05) is 72.8 Å². The van der Waals surface area contributed by atoms with Crippen LogP contribution in [0.2, 0.25) is 0 Å². The van der Waals surface area contributed by atoms with E-state index in [0.717, 1.165) is 33.9 Å². The van der Waals surface area contributed by atoms with Crippen molar-refractivity contribution in [3.63, 3.8) is 0 Å². The third kappa shape index (κ3) is 4.34. The Bertz CT molecular complexity index is 1180. The van der Waals surface area contributed by atoms with Gasteiger partial charge >= 0.3 is 0 Å². The summed E-state index contributed by atoms with van der Waals surface area (Å²) in [5.74, 6) is 2.99. The number of benzene rings is 3. The minimum atomic E-state index is -0.336. The Morgan fingerprint density at radius 3 is 2.39 bits per heavy atom. The van der Waals surface area contributed by atoms with Crippen LogP contribution in [0.15, 0.2) is 96.2 Å². The quantitative estimate of drug-likeness (QED) is 0.376. The van der Waals surface area contributed by atoms with E-state index >= 15 is 0 Å². The lowest BCUT2D eigenvalue weighted by Crippen LogP contribution is -2.24. The Morgan fingerprint density at radius 2 is 1.58 bits per heavy atom. The van der Waals surface area contributed by atoms with Crippen LogP contribution in [0.4, 0.5) is 0 Å². The van der Waals surface area contributed by atoms with E-state index in [0.29, 0.717) is 6.61 Å². The average Bonchev–Trinajstić information content (AvgIpc) is 3.26. The minimum Gasteiger partial charge on any atom is -0.485 e. The van der Waals surface area contributed by atoms with Crippen molar-refractivity contribution in [1.82, 2.24) is 14.8 Å². The summed E-state index contributed by atoms with van der Waals surface area (Å²) < 4.78 is 14.2. The first-order chi connectivity index (χ1) is 15.4. The second-order valence-corrected chi connectivity index (χ2v) is 7.99. The molecule has 1 aliphatic heterocycles. The van der Waals surface area contributed by atoms with Crippen LogP contribution in [0.3, 0.4) is 0 Å². The number of hydrogen-bond acceptors (Lipinski definition) is 5. The Labute approximate surface area is 185 Å². The monoisotopic (exact) mass is 427 g/mol. The molecule has 0 bridgehead atoms. The van der Waals surface area contributed by atoms with E-state index in [9.17, 15) is 0 Å². The molecule has 0 unspecified atom stereocenters. The predicted molar refractivity (Wildman–Crippen MR) is 123 cm³/mol. The van der Waals surface area contributed by atoms with Gasteiger partial charge in [-0.2, -0.15) is 0 Å². The van der Waals surface area contributed by atoms with Gasteiger partial charge in [-0.25, -0.2) is 0 Å². The maximum Gasteiger partial charge on any atom is 0.196 e. The van der Waals surface area contributed by atoms with E-state index in [2.05, 4.69) is 39.0 Å². The molecule has 1 atom stereocenters. The molecule has 0 spiro atoms. The third-order valence-corrected chi connectivity index (χ3v) is 5.77. The van der Waals surface area contributed by atoms with E-state index in [-0.39, 0.29) is 6.10 Å².